The van der Waals surface area contributed by atoms with Gasteiger partial charge >= 0.3 is 0 Å². The molecule has 0 aromatic rings. The molecular weight excluding hydrogens is 196 g/mol. The van der Waals surface area contributed by atoms with Crippen molar-refractivity contribution in [2.24, 2.45) is 28.6 Å². The monoisotopic (exact) mass is 220 g/mol. The predicted molar refractivity (Wildman–Crippen MR) is 65.1 cm³/mol. The summed E-state index contributed by atoms with van der Waals surface area (Å²) in [6, 6.07) is 0. The standard InChI is InChI=1S/C15H24O/c1-10-7-8-15-9-11(10)14(2,3)12(15)5-4-6-13(15)16/h10-12H,4-9H2,1-3H3/t10-,11-,12-,15+/m0/s1. The van der Waals surface area contributed by atoms with E-state index < -0.39 is 0 Å². The molecule has 0 radical (unpaired) electrons. The van der Waals surface area contributed by atoms with Crippen LogP contribution in [0.15, 0.2) is 0 Å². The van der Waals surface area contributed by atoms with Gasteiger partial charge in [0, 0.05) is 11.8 Å². The van der Waals surface area contributed by atoms with Crippen molar-refractivity contribution in [1.29, 1.82) is 0 Å². The van der Waals surface area contributed by atoms with E-state index in [9.17, 15) is 4.79 Å². The van der Waals surface area contributed by atoms with Crippen LogP contribution in [0.3, 0.4) is 0 Å². The lowest BCUT2D eigenvalue weighted by Crippen LogP contribution is -2.41. The highest BCUT2D eigenvalue weighted by Crippen LogP contribution is 2.68. The normalized spacial score (nSPS) is 50.2. The van der Waals surface area contributed by atoms with Crippen LogP contribution in [-0.4, -0.2) is 5.78 Å². The fourth-order valence-electron chi connectivity index (χ4n) is 5.48. The first-order chi connectivity index (χ1) is 7.48. The SMILES string of the molecule is C[C@H]1CC[C@@]23C[C@@H]1C(C)(C)[C@@H]2CCCC3=O. The maximum atomic E-state index is 12.4. The Hall–Kier alpha value is -0.330. The molecular formula is C15H24O. The Bertz CT molecular complexity index is 330. The van der Waals surface area contributed by atoms with E-state index >= 15 is 0 Å². The molecule has 3 rings (SSSR count). The van der Waals surface area contributed by atoms with E-state index in [-0.39, 0.29) is 5.41 Å². The Kier molecular flexibility index (Phi) is 2.10. The highest BCUT2D eigenvalue weighted by Gasteiger charge is 2.64. The van der Waals surface area contributed by atoms with E-state index in [0.29, 0.717) is 17.1 Å². The predicted octanol–water partition coefficient (Wildman–Crippen LogP) is 3.82. The fourth-order valence-corrected chi connectivity index (χ4v) is 5.48. The van der Waals surface area contributed by atoms with Crippen molar-refractivity contribution in [3.8, 4) is 0 Å². The molecule has 0 amide bonds. The van der Waals surface area contributed by atoms with Gasteiger partial charge in [-0.05, 0) is 55.3 Å². The molecule has 4 atom stereocenters. The van der Waals surface area contributed by atoms with Crippen LogP contribution in [0.5, 0.6) is 0 Å². The van der Waals surface area contributed by atoms with Gasteiger partial charge in [0.1, 0.15) is 5.78 Å². The minimum absolute atomic E-state index is 0.124. The Morgan fingerprint density at radius 1 is 1.25 bits per heavy atom. The largest absolute Gasteiger partial charge is 0.299 e. The molecule has 2 bridgehead atoms. The van der Waals surface area contributed by atoms with E-state index in [1.54, 1.807) is 0 Å². The quantitative estimate of drug-likeness (QED) is 0.606. The molecule has 0 heterocycles. The minimum atomic E-state index is 0.124. The molecule has 1 nitrogen and oxygen atoms in total. The Morgan fingerprint density at radius 3 is 2.75 bits per heavy atom. The van der Waals surface area contributed by atoms with Gasteiger partial charge in [-0.25, -0.2) is 0 Å². The second-order valence-electron chi connectivity index (χ2n) is 7.17. The highest BCUT2D eigenvalue weighted by molar-refractivity contribution is 5.86. The molecule has 3 aliphatic rings. The second kappa shape index (κ2) is 3.11. The Labute approximate surface area is 99.0 Å². The zero-order valence-electron chi connectivity index (χ0n) is 10.9. The molecule has 3 aliphatic carbocycles. The van der Waals surface area contributed by atoms with E-state index in [2.05, 4.69) is 20.8 Å². The lowest BCUT2D eigenvalue weighted by atomic mass is 9.61. The number of hydrogen-bond donors (Lipinski definition) is 0. The molecule has 3 saturated carbocycles. The first-order valence-electron chi connectivity index (χ1n) is 7.02. The number of carbonyl (C=O) groups excluding carboxylic acids is 1. The van der Waals surface area contributed by atoms with Crippen LogP contribution in [0, 0.1) is 28.6 Å². The number of hydrogen-bond acceptors (Lipinski definition) is 1. The average molecular weight is 220 g/mol. The maximum Gasteiger partial charge on any atom is 0.139 e. The molecule has 0 N–H and O–H groups in total. The lowest BCUT2D eigenvalue weighted by Gasteiger charge is -2.42. The van der Waals surface area contributed by atoms with Crippen LogP contribution < -0.4 is 0 Å². The van der Waals surface area contributed by atoms with Crippen molar-refractivity contribution < 1.29 is 4.79 Å². The summed E-state index contributed by atoms with van der Waals surface area (Å²) in [6.07, 6.45) is 7.02. The first kappa shape index (κ1) is 10.8. The molecule has 0 unspecified atom stereocenters. The number of Topliss-reactive ketones (excluding diaryl/α,β-unsaturated/α-hetero) is 1. The van der Waals surface area contributed by atoms with Gasteiger partial charge in [-0.1, -0.05) is 20.8 Å². The van der Waals surface area contributed by atoms with Gasteiger partial charge in [0.15, 0.2) is 0 Å². The van der Waals surface area contributed by atoms with Gasteiger partial charge in [-0.15, -0.1) is 0 Å². The molecule has 1 spiro atoms. The molecule has 0 aromatic heterocycles. The number of carbonyl (C=O) groups is 1. The lowest BCUT2D eigenvalue weighted by molar-refractivity contribution is -0.136. The number of rotatable bonds is 0. The molecule has 0 aliphatic heterocycles. The summed E-state index contributed by atoms with van der Waals surface area (Å²) < 4.78 is 0. The summed E-state index contributed by atoms with van der Waals surface area (Å²) in [5.74, 6) is 2.94. The van der Waals surface area contributed by atoms with E-state index in [0.717, 1.165) is 24.7 Å². The molecule has 0 saturated heterocycles. The van der Waals surface area contributed by atoms with Crippen molar-refractivity contribution >= 4 is 5.78 Å². The molecule has 3 fully saturated rings. The molecule has 16 heavy (non-hydrogen) atoms. The van der Waals surface area contributed by atoms with Gasteiger partial charge in [-0.2, -0.15) is 0 Å². The molecule has 0 aromatic carbocycles. The zero-order chi connectivity index (χ0) is 11.6. The van der Waals surface area contributed by atoms with E-state index in [4.69, 9.17) is 0 Å². The summed E-state index contributed by atoms with van der Waals surface area (Å²) >= 11 is 0. The van der Waals surface area contributed by atoms with Crippen molar-refractivity contribution in [3.63, 3.8) is 0 Å². The summed E-state index contributed by atoms with van der Waals surface area (Å²) in [7, 11) is 0. The van der Waals surface area contributed by atoms with Crippen molar-refractivity contribution in [3.05, 3.63) is 0 Å². The van der Waals surface area contributed by atoms with Gasteiger partial charge in [-0.3, -0.25) is 4.79 Å². The third-order valence-corrected chi connectivity index (χ3v) is 6.29. The van der Waals surface area contributed by atoms with Crippen LogP contribution >= 0.6 is 0 Å². The smallest absolute Gasteiger partial charge is 0.139 e. The summed E-state index contributed by atoms with van der Waals surface area (Å²) in [4.78, 5) is 12.4. The number of fused-ring (bicyclic) bond motifs is 1. The van der Waals surface area contributed by atoms with Gasteiger partial charge in [0.2, 0.25) is 0 Å². The average Bonchev–Trinajstić information content (AvgIpc) is 2.43. The molecule has 90 valence electrons. The van der Waals surface area contributed by atoms with Crippen molar-refractivity contribution in [1.82, 2.24) is 0 Å². The third kappa shape index (κ3) is 1.10. The second-order valence-corrected chi connectivity index (χ2v) is 7.17. The van der Waals surface area contributed by atoms with Crippen LogP contribution in [-0.2, 0) is 4.79 Å². The highest BCUT2D eigenvalue weighted by atomic mass is 16.1. The first-order valence-corrected chi connectivity index (χ1v) is 7.02. The maximum absolute atomic E-state index is 12.4. The number of ketones is 1. The fraction of sp³-hybridized carbons (Fsp3) is 0.933. The summed E-state index contributed by atoms with van der Waals surface area (Å²) in [5.41, 5.74) is 0.533. The van der Waals surface area contributed by atoms with Gasteiger partial charge < -0.3 is 0 Å². The van der Waals surface area contributed by atoms with Crippen molar-refractivity contribution in [2.75, 3.05) is 0 Å². The van der Waals surface area contributed by atoms with E-state index in [1.807, 2.05) is 0 Å². The summed E-state index contributed by atoms with van der Waals surface area (Å²) in [5, 5.41) is 0. The summed E-state index contributed by atoms with van der Waals surface area (Å²) in [6.45, 7) is 7.27. The van der Waals surface area contributed by atoms with E-state index in [1.165, 1.54) is 25.7 Å². The topological polar surface area (TPSA) is 17.1 Å². The van der Waals surface area contributed by atoms with Crippen LogP contribution in [0.1, 0.15) is 59.3 Å². The Balaban J connectivity index is 2.07. The minimum Gasteiger partial charge on any atom is -0.299 e. The third-order valence-electron chi connectivity index (χ3n) is 6.29. The van der Waals surface area contributed by atoms with Gasteiger partial charge in [0.05, 0.1) is 0 Å². The van der Waals surface area contributed by atoms with Crippen LogP contribution in [0.4, 0.5) is 0 Å². The van der Waals surface area contributed by atoms with Gasteiger partial charge in [0.25, 0.3) is 0 Å². The zero-order valence-corrected chi connectivity index (χ0v) is 10.9. The van der Waals surface area contributed by atoms with Crippen LogP contribution in [0.2, 0.25) is 0 Å². The Morgan fingerprint density at radius 2 is 2.00 bits per heavy atom. The molecule has 1 heteroatoms. The van der Waals surface area contributed by atoms with Crippen molar-refractivity contribution in [2.45, 2.75) is 59.3 Å². The van der Waals surface area contributed by atoms with Crippen LogP contribution in [0.25, 0.3) is 0 Å².